The second-order valence-corrected chi connectivity index (χ2v) is 6.40. The summed E-state index contributed by atoms with van der Waals surface area (Å²) in [5, 5.41) is 12.0. The number of rotatable bonds is 7. The molecule has 2 rings (SSSR count). The van der Waals surface area contributed by atoms with Gasteiger partial charge in [-0.2, -0.15) is 13.2 Å². The zero-order valence-corrected chi connectivity index (χ0v) is 14.6. The molecule has 27 heavy (non-hydrogen) atoms. The molecule has 1 aromatic rings. The van der Waals surface area contributed by atoms with Crippen LogP contribution in [0.15, 0.2) is 24.3 Å². The first kappa shape index (κ1) is 20.9. The maximum Gasteiger partial charge on any atom is 0.422 e. The van der Waals surface area contributed by atoms with Gasteiger partial charge in [0.2, 0.25) is 0 Å². The van der Waals surface area contributed by atoms with Gasteiger partial charge < -0.3 is 19.9 Å². The van der Waals surface area contributed by atoms with E-state index in [1.54, 1.807) is 6.07 Å². The van der Waals surface area contributed by atoms with Gasteiger partial charge in [0.25, 0.3) is 5.91 Å². The van der Waals surface area contributed by atoms with Crippen molar-refractivity contribution in [2.45, 2.75) is 44.3 Å². The zero-order chi connectivity index (χ0) is 19.9. The van der Waals surface area contributed by atoms with Crippen molar-refractivity contribution in [3.05, 3.63) is 24.3 Å². The van der Waals surface area contributed by atoms with E-state index in [2.05, 4.69) is 10.1 Å². The van der Waals surface area contributed by atoms with E-state index in [0.717, 1.165) is 19.3 Å². The highest BCUT2D eigenvalue weighted by Gasteiger charge is 2.31. The van der Waals surface area contributed by atoms with Crippen molar-refractivity contribution in [2.24, 2.45) is 5.92 Å². The molecule has 1 fully saturated rings. The maximum atomic E-state index is 12.3. The number of halogens is 3. The Morgan fingerprint density at radius 3 is 2.33 bits per heavy atom. The molecule has 0 unspecified atom stereocenters. The van der Waals surface area contributed by atoms with Gasteiger partial charge in [0.15, 0.2) is 24.7 Å². The SMILES string of the molecule is O=C(COc1ccccc1OCC(F)(F)F)N[C@H]1CCCCC[C@H]1C(=O)O. The molecule has 1 aliphatic carbocycles. The van der Waals surface area contributed by atoms with E-state index >= 15 is 0 Å². The molecular formula is C18H22F3NO5. The smallest absolute Gasteiger partial charge is 0.422 e. The summed E-state index contributed by atoms with van der Waals surface area (Å²) in [7, 11) is 0. The number of carbonyl (C=O) groups is 2. The molecule has 0 heterocycles. The summed E-state index contributed by atoms with van der Waals surface area (Å²) in [6.07, 6.45) is -0.900. The van der Waals surface area contributed by atoms with E-state index in [1.165, 1.54) is 18.2 Å². The molecule has 1 aromatic carbocycles. The minimum atomic E-state index is -4.49. The van der Waals surface area contributed by atoms with Crippen molar-refractivity contribution in [1.29, 1.82) is 0 Å². The van der Waals surface area contributed by atoms with Gasteiger partial charge in [-0.1, -0.05) is 31.4 Å². The molecule has 2 N–H and O–H groups in total. The van der Waals surface area contributed by atoms with Crippen LogP contribution in [0.5, 0.6) is 11.5 Å². The van der Waals surface area contributed by atoms with Crippen molar-refractivity contribution in [1.82, 2.24) is 5.32 Å². The van der Waals surface area contributed by atoms with Crippen LogP contribution >= 0.6 is 0 Å². The van der Waals surface area contributed by atoms with Crippen molar-refractivity contribution < 1.29 is 37.3 Å². The number of carbonyl (C=O) groups excluding carboxylic acids is 1. The van der Waals surface area contributed by atoms with Crippen LogP contribution in [0.1, 0.15) is 32.1 Å². The number of carboxylic acids is 1. The number of alkyl halides is 3. The van der Waals surface area contributed by atoms with E-state index in [9.17, 15) is 27.9 Å². The maximum absolute atomic E-state index is 12.3. The molecule has 6 nitrogen and oxygen atoms in total. The minimum absolute atomic E-state index is 0.00699. The quantitative estimate of drug-likeness (QED) is 0.700. The molecule has 0 bridgehead atoms. The fourth-order valence-corrected chi connectivity index (χ4v) is 3.02. The largest absolute Gasteiger partial charge is 0.481 e. The summed E-state index contributed by atoms with van der Waals surface area (Å²) >= 11 is 0. The number of ether oxygens (including phenoxy) is 2. The van der Waals surface area contributed by atoms with Gasteiger partial charge in [0, 0.05) is 6.04 Å². The molecule has 0 spiro atoms. The third-order valence-corrected chi connectivity index (χ3v) is 4.28. The van der Waals surface area contributed by atoms with Gasteiger partial charge in [-0.25, -0.2) is 0 Å². The Morgan fingerprint density at radius 1 is 1.07 bits per heavy atom. The topological polar surface area (TPSA) is 84.9 Å². The first-order valence-corrected chi connectivity index (χ1v) is 8.70. The predicted octanol–water partition coefficient (Wildman–Crippen LogP) is 3.16. The number of nitrogens with one attached hydrogen (secondary N) is 1. The average molecular weight is 389 g/mol. The Kier molecular flexibility index (Phi) is 7.32. The van der Waals surface area contributed by atoms with Crippen molar-refractivity contribution in [3.8, 4) is 11.5 Å². The second kappa shape index (κ2) is 9.48. The van der Waals surface area contributed by atoms with Gasteiger partial charge in [-0.3, -0.25) is 9.59 Å². The minimum Gasteiger partial charge on any atom is -0.481 e. The Morgan fingerprint density at radius 2 is 1.70 bits per heavy atom. The van der Waals surface area contributed by atoms with Crippen LogP contribution in [0.4, 0.5) is 13.2 Å². The lowest BCUT2D eigenvalue weighted by atomic mass is 9.95. The molecule has 0 saturated heterocycles. The number of aliphatic carboxylic acids is 1. The van der Waals surface area contributed by atoms with E-state index in [-0.39, 0.29) is 11.5 Å². The van der Waals surface area contributed by atoms with Gasteiger partial charge in [-0.15, -0.1) is 0 Å². The average Bonchev–Trinajstić information content (AvgIpc) is 2.83. The van der Waals surface area contributed by atoms with Gasteiger partial charge in [0.05, 0.1) is 5.92 Å². The lowest BCUT2D eigenvalue weighted by Crippen LogP contribution is -2.44. The first-order valence-electron chi connectivity index (χ1n) is 8.70. The van der Waals surface area contributed by atoms with Crippen molar-refractivity contribution in [2.75, 3.05) is 13.2 Å². The monoisotopic (exact) mass is 389 g/mol. The molecular weight excluding hydrogens is 367 g/mol. The highest BCUT2D eigenvalue weighted by Crippen LogP contribution is 2.28. The van der Waals surface area contributed by atoms with Crippen LogP contribution in [-0.2, 0) is 9.59 Å². The van der Waals surface area contributed by atoms with Crippen molar-refractivity contribution >= 4 is 11.9 Å². The van der Waals surface area contributed by atoms with Gasteiger partial charge in [0.1, 0.15) is 0 Å². The standard InChI is InChI=1S/C18H22F3NO5/c19-18(20,21)11-27-15-9-5-4-8-14(15)26-10-16(23)22-13-7-3-1-2-6-12(13)17(24)25/h4-5,8-9,12-13H,1-3,6-7,10-11H2,(H,22,23)(H,24,25)/t12-,13+/m1/s1. The summed E-state index contributed by atoms with van der Waals surface area (Å²) in [4.78, 5) is 23.5. The molecule has 1 aliphatic rings. The molecule has 150 valence electrons. The number of hydrogen-bond acceptors (Lipinski definition) is 4. The number of carboxylic acid groups (broad SMARTS) is 1. The molecule has 0 radical (unpaired) electrons. The summed E-state index contributed by atoms with van der Waals surface area (Å²) in [6.45, 7) is -1.92. The van der Waals surface area contributed by atoms with Gasteiger partial charge in [-0.05, 0) is 25.0 Å². The first-order chi connectivity index (χ1) is 12.8. The number of benzene rings is 1. The fraction of sp³-hybridized carbons (Fsp3) is 0.556. The van der Waals surface area contributed by atoms with Crippen LogP contribution in [0.3, 0.4) is 0 Å². The number of hydrogen-bond donors (Lipinski definition) is 2. The predicted molar refractivity (Wildman–Crippen MR) is 89.6 cm³/mol. The second-order valence-electron chi connectivity index (χ2n) is 6.40. The number of amides is 1. The fourth-order valence-electron chi connectivity index (χ4n) is 3.02. The Hall–Kier alpha value is -2.45. The Labute approximate surface area is 154 Å². The van der Waals surface area contributed by atoms with Crippen LogP contribution in [0.2, 0.25) is 0 Å². The van der Waals surface area contributed by atoms with E-state index in [0.29, 0.717) is 12.8 Å². The van der Waals surface area contributed by atoms with Gasteiger partial charge >= 0.3 is 12.1 Å². The lowest BCUT2D eigenvalue weighted by Gasteiger charge is -2.23. The summed E-state index contributed by atoms with van der Waals surface area (Å²) in [5.41, 5.74) is 0. The molecule has 1 saturated carbocycles. The molecule has 0 aliphatic heterocycles. The van der Waals surface area contributed by atoms with Crippen LogP contribution in [0.25, 0.3) is 0 Å². The summed E-state index contributed by atoms with van der Waals surface area (Å²) in [5.74, 6) is -2.25. The summed E-state index contributed by atoms with van der Waals surface area (Å²) < 4.78 is 46.9. The number of para-hydroxylation sites is 2. The van der Waals surface area contributed by atoms with E-state index < -0.39 is 43.2 Å². The van der Waals surface area contributed by atoms with Crippen LogP contribution in [-0.4, -0.2) is 42.4 Å². The molecule has 1 amide bonds. The molecule has 0 aromatic heterocycles. The summed E-state index contributed by atoms with van der Waals surface area (Å²) in [6, 6.07) is 5.24. The van der Waals surface area contributed by atoms with Crippen molar-refractivity contribution in [3.63, 3.8) is 0 Å². The highest BCUT2D eigenvalue weighted by atomic mass is 19.4. The van der Waals surface area contributed by atoms with Crippen LogP contribution in [0, 0.1) is 5.92 Å². The Balaban J connectivity index is 1.92. The Bertz CT molecular complexity index is 650. The van der Waals surface area contributed by atoms with E-state index in [4.69, 9.17) is 4.74 Å². The van der Waals surface area contributed by atoms with Crippen LogP contribution < -0.4 is 14.8 Å². The third-order valence-electron chi connectivity index (χ3n) is 4.28. The molecule has 2 atom stereocenters. The lowest BCUT2D eigenvalue weighted by molar-refractivity contribution is -0.153. The molecule has 9 heteroatoms. The third kappa shape index (κ3) is 6.99. The zero-order valence-electron chi connectivity index (χ0n) is 14.6. The van der Waals surface area contributed by atoms with E-state index in [1.807, 2.05) is 0 Å². The highest BCUT2D eigenvalue weighted by molar-refractivity contribution is 5.79. The normalized spacial score (nSPS) is 20.4.